The molecular weight excluding hydrogens is 381 g/mol. The van der Waals surface area contributed by atoms with Gasteiger partial charge in [-0.1, -0.05) is 12.2 Å². The molecule has 7 heteroatoms. The van der Waals surface area contributed by atoms with Gasteiger partial charge in [-0.25, -0.2) is 17.5 Å². The molecule has 0 radical (unpaired) electrons. The van der Waals surface area contributed by atoms with E-state index in [0.29, 0.717) is 36.3 Å². The van der Waals surface area contributed by atoms with Gasteiger partial charge in [0.2, 0.25) is 10.0 Å². The monoisotopic (exact) mass is 409 g/mol. The van der Waals surface area contributed by atoms with Crippen molar-refractivity contribution in [2.24, 2.45) is 23.7 Å². The van der Waals surface area contributed by atoms with Crippen LogP contribution in [-0.4, -0.2) is 26.0 Å². The Bertz CT molecular complexity index is 852. The summed E-state index contributed by atoms with van der Waals surface area (Å²) < 4.78 is 41.4. The highest BCUT2D eigenvalue weighted by atomic mass is 32.2. The predicted octanol–water partition coefficient (Wildman–Crippen LogP) is 3.89. The smallest absolute Gasteiger partial charge is 0.303 e. The predicted molar refractivity (Wildman–Crippen MR) is 105 cm³/mol. The summed E-state index contributed by atoms with van der Waals surface area (Å²) in [4.78, 5) is 10.7. The second-order valence-corrected chi connectivity index (χ2v) is 9.82. The molecule has 0 amide bonds. The fourth-order valence-corrected chi connectivity index (χ4v) is 5.91. The average Bonchev–Trinajstić information content (AvgIpc) is 3.23. The van der Waals surface area contributed by atoms with Crippen LogP contribution in [-0.2, 0) is 14.8 Å². The van der Waals surface area contributed by atoms with E-state index in [2.05, 4.69) is 16.9 Å². The van der Waals surface area contributed by atoms with Crippen molar-refractivity contribution in [3.8, 4) is 0 Å². The average molecular weight is 410 g/mol. The lowest BCUT2D eigenvalue weighted by molar-refractivity contribution is -0.137. The minimum atomic E-state index is -3.67. The molecule has 4 atom stereocenters. The Balaban J connectivity index is 1.62. The van der Waals surface area contributed by atoms with E-state index in [1.165, 1.54) is 24.6 Å². The van der Waals surface area contributed by atoms with Gasteiger partial charge in [-0.05, 0) is 86.5 Å². The number of nitrogens with one attached hydrogen (secondary N) is 1. The lowest BCUT2D eigenvalue weighted by Crippen LogP contribution is -2.35. The number of rotatable bonds is 9. The normalized spacial score (nSPS) is 26.9. The molecule has 154 valence electrons. The lowest BCUT2D eigenvalue weighted by atomic mass is 9.79. The van der Waals surface area contributed by atoms with Crippen LogP contribution in [0.4, 0.5) is 4.39 Å². The lowest BCUT2D eigenvalue weighted by Gasteiger charge is -2.29. The number of halogens is 1. The molecule has 0 saturated heterocycles. The minimum absolute atomic E-state index is 0.0929. The fraction of sp³-hybridized carbons (Fsp3) is 0.571. The molecule has 2 aliphatic rings. The number of hydrogen-bond acceptors (Lipinski definition) is 3. The number of carboxylic acid groups (broad SMARTS) is 1. The highest BCUT2D eigenvalue weighted by molar-refractivity contribution is 7.89. The summed E-state index contributed by atoms with van der Waals surface area (Å²) in [7, 11) is -3.67. The minimum Gasteiger partial charge on any atom is -0.481 e. The Kier molecular flexibility index (Phi) is 6.55. The first kappa shape index (κ1) is 21.0. The number of hydrogen-bond donors (Lipinski definition) is 2. The Morgan fingerprint density at radius 2 is 2.07 bits per heavy atom. The molecule has 3 rings (SSSR count). The molecule has 0 spiro atoms. The van der Waals surface area contributed by atoms with E-state index in [9.17, 15) is 17.6 Å². The van der Waals surface area contributed by atoms with Crippen molar-refractivity contribution in [3.63, 3.8) is 0 Å². The van der Waals surface area contributed by atoms with Crippen LogP contribution in [0.5, 0.6) is 0 Å². The summed E-state index contributed by atoms with van der Waals surface area (Å²) in [6, 6.07) is 3.84. The molecule has 1 aromatic carbocycles. The number of carbonyl (C=O) groups is 1. The number of sulfonamides is 1. The first-order chi connectivity index (χ1) is 13.3. The molecule has 0 heterocycles. The zero-order chi connectivity index (χ0) is 20.3. The highest BCUT2D eigenvalue weighted by Gasteiger charge is 2.46. The maximum absolute atomic E-state index is 13.4. The third-order valence-corrected chi connectivity index (χ3v) is 7.65. The van der Waals surface area contributed by atoms with Gasteiger partial charge in [0.15, 0.2) is 0 Å². The molecule has 1 aromatic rings. The first-order valence-electron chi connectivity index (χ1n) is 9.92. The standard InChI is InChI=1S/C21H28FNO4S/c1-14-11-17(9-10-20(14)22)28(26,27)23-13-19-16-8-7-15(12-16)18(19)5-3-2-4-6-21(24)25/h3,5,9-11,15-16,18-19,23H,2,4,6-8,12-13H2,1H3,(H,24,25)/b5-3-/t15-,16+,18-,19-/m0/s1. The summed E-state index contributed by atoms with van der Waals surface area (Å²) in [5.74, 6) is 0.503. The number of fused-ring (bicyclic) bond motifs is 2. The van der Waals surface area contributed by atoms with Crippen LogP contribution in [0.25, 0.3) is 0 Å². The van der Waals surface area contributed by atoms with E-state index in [0.717, 1.165) is 19.3 Å². The van der Waals surface area contributed by atoms with Crippen molar-refractivity contribution in [3.05, 3.63) is 41.7 Å². The third kappa shape index (κ3) is 4.81. The van der Waals surface area contributed by atoms with E-state index >= 15 is 0 Å². The van der Waals surface area contributed by atoms with Gasteiger partial charge in [-0.3, -0.25) is 4.79 Å². The third-order valence-electron chi connectivity index (χ3n) is 6.23. The molecule has 2 bridgehead atoms. The van der Waals surface area contributed by atoms with Gasteiger partial charge < -0.3 is 5.11 Å². The summed E-state index contributed by atoms with van der Waals surface area (Å²) >= 11 is 0. The van der Waals surface area contributed by atoms with Crippen LogP contribution in [0.2, 0.25) is 0 Å². The van der Waals surface area contributed by atoms with Crippen molar-refractivity contribution >= 4 is 16.0 Å². The van der Waals surface area contributed by atoms with E-state index < -0.39 is 21.8 Å². The summed E-state index contributed by atoms with van der Waals surface area (Å²) in [6.07, 6.45) is 9.19. The van der Waals surface area contributed by atoms with Gasteiger partial charge in [0.05, 0.1) is 4.90 Å². The van der Waals surface area contributed by atoms with Crippen LogP contribution in [0, 0.1) is 36.4 Å². The maximum atomic E-state index is 13.4. The van der Waals surface area contributed by atoms with Crippen molar-refractivity contribution < 1.29 is 22.7 Å². The molecule has 0 unspecified atom stereocenters. The maximum Gasteiger partial charge on any atom is 0.303 e. The Hall–Kier alpha value is -1.73. The van der Waals surface area contributed by atoms with Crippen molar-refractivity contribution in [1.29, 1.82) is 0 Å². The Labute approximate surface area is 166 Å². The van der Waals surface area contributed by atoms with Crippen LogP contribution in [0.3, 0.4) is 0 Å². The molecule has 2 N–H and O–H groups in total. The van der Waals surface area contributed by atoms with Gasteiger partial charge in [0.25, 0.3) is 0 Å². The molecule has 2 saturated carbocycles. The zero-order valence-corrected chi connectivity index (χ0v) is 16.9. The second-order valence-electron chi connectivity index (χ2n) is 8.05. The van der Waals surface area contributed by atoms with Gasteiger partial charge in [-0.2, -0.15) is 0 Å². The highest BCUT2D eigenvalue weighted by Crippen LogP contribution is 2.52. The van der Waals surface area contributed by atoms with Crippen LogP contribution in [0.15, 0.2) is 35.2 Å². The van der Waals surface area contributed by atoms with Crippen molar-refractivity contribution in [2.75, 3.05) is 6.54 Å². The summed E-state index contributed by atoms with van der Waals surface area (Å²) in [5, 5.41) is 8.71. The Morgan fingerprint density at radius 1 is 1.32 bits per heavy atom. The molecule has 0 aromatic heterocycles. The molecule has 2 fully saturated rings. The van der Waals surface area contributed by atoms with Crippen molar-refractivity contribution in [2.45, 2.75) is 50.3 Å². The molecular formula is C21H28FNO4S. The van der Waals surface area contributed by atoms with Crippen molar-refractivity contribution in [1.82, 2.24) is 4.72 Å². The number of aliphatic carboxylic acids is 1. The van der Waals surface area contributed by atoms with Gasteiger partial charge in [-0.15, -0.1) is 0 Å². The van der Waals surface area contributed by atoms with Crippen LogP contribution in [0.1, 0.15) is 44.1 Å². The van der Waals surface area contributed by atoms with E-state index in [1.807, 2.05) is 0 Å². The molecule has 28 heavy (non-hydrogen) atoms. The van der Waals surface area contributed by atoms with E-state index in [-0.39, 0.29) is 17.2 Å². The van der Waals surface area contributed by atoms with Gasteiger partial charge in [0, 0.05) is 13.0 Å². The van der Waals surface area contributed by atoms with E-state index in [4.69, 9.17) is 5.11 Å². The number of carboxylic acids is 1. The van der Waals surface area contributed by atoms with Crippen LogP contribution >= 0.6 is 0 Å². The molecule has 0 aliphatic heterocycles. The Morgan fingerprint density at radius 3 is 2.79 bits per heavy atom. The van der Waals surface area contributed by atoms with E-state index in [1.54, 1.807) is 6.92 Å². The largest absolute Gasteiger partial charge is 0.481 e. The number of benzene rings is 1. The SMILES string of the molecule is Cc1cc(S(=O)(=O)NC[C@H]2[C@@H]3CC[C@@H](C3)[C@@H]2/C=C\CCCC(=O)O)ccc1F. The zero-order valence-electron chi connectivity index (χ0n) is 16.1. The number of aryl methyl sites for hydroxylation is 1. The topological polar surface area (TPSA) is 83.5 Å². The first-order valence-corrected chi connectivity index (χ1v) is 11.4. The quantitative estimate of drug-likeness (QED) is 0.479. The second kappa shape index (κ2) is 8.74. The fourth-order valence-electron chi connectivity index (χ4n) is 4.76. The molecule has 2 aliphatic carbocycles. The van der Waals surface area contributed by atoms with Gasteiger partial charge >= 0.3 is 5.97 Å². The molecule has 5 nitrogen and oxygen atoms in total. The number of allylic oxidation sites excluding steroid dienone is 2. The van der Waals surface area contributed by atoms with Crippen LogP contribution < -0.4 is 4.72 Å². The number of unbranched alkanes of at least 4 members (excludes halogenated alkanes) is 1. The summed E-state index contributed by atoms with van der Waals surface area (Å²) in [5.41, 5.74) is 0.310. The van der Waals surface area contributed by atoms with Gasteiger partial charge in [0.1, 0.15) is 5.82 Å². The summed E-state index contributed by atoms with van der Waals surface area (Å²) in [6.45, 7) is 1.93.